The van der Waals surface area contributed by atoms with Crippen molar-refractivity contribution in [1.82, 2.24) is 10.2 Å². The van der Waals surface area contributed by atoms with Crippen LogP contribution in [0.15, 0.2) is 29.3 Å². The highest BCUT2D eigenvalue weighted by atomic mass is 16.5. The first kappa shape index (κ1) is 22.4. The predicted octanol–water partition coefficient (Wildman–Crippen LogP) is 2.30. The van der Waals surface area contributed by atoms with E-state index < -0.39 is 0 Å². The van der Waals surface area contributed by atoms with Crippen LogP contribution in [0.5, 0.6) is 5.75 Å². The Balaban J connectivity index is 1.79. The van der Waals surface area contributed by atoms with Crippen LogP contribution in [0.25, 0.3) is 0 Å². The van der Waals surface area contributed by atoms with Gasteiger partial charge in [0.15, 0.2) is 5.96 Å². The van der Waals surface area contributed by atoms with Crippen LogP contribution in [-0.2, 0) is 14.9 Å². The van der Waals surface area contributed by atoms with Gasteiger partial charge in [0.05, 0.1) is 13.7 Å². The summed E-state index contributed by atoms with van der Waals surface area (Å²) in [7, 11) is 1.69. The Kier molecular flexibility index (Phi) is 7.96. The van der Waals surface area contributed by atoms with Crippen LogP contribution < -0.4 is 15.8 Å². The van der Waals surface area contributed by atoms with Gasteiger partial charge < -0.3 is 25.4 Å². The molecule has 3 N–H and O–H groups in total. The van der Waals surface area contributed by atoms with Crippen molar-refractivity contribution in [2.75, 3.05) is 46.5 Å². The first-order chi connectivity index (χ1) is 14.6. The van der Waals surface area contributed by atoms with Gasteiger partial charge in [0.1, 0.15) is 5.75 Å². The quantitative estimate of drug-likeness (QED) is 0.526. The fourth-order valence-electron chi connectivity index (χ4n) is 4.61. The van der Waals surface area contributed by atoms with Crippen LogP contribution in [0.2, 0.25) is 0 Å². The molecule has 2 saturated heterocycles. The Labute approximate surface area is 180 Å². The fraction of sp³-hybridized carbons (Fsp3) is 0.652. The van der Waals surface area contributed by atoms with Gasteiger partial charge >= 0.3 is 0 Å². The summed E-state index contributed by atoms with van der Waals surface area (Å²) in [4.78, 5) is 18.8. The number of hydrogen-bond acceptors (Lipinski definition) is 4. The molecule has 3 rings (SSSR count). The normalized spacial score (nSPS) is 21.9. The third-order valence-corrected chi connectivity index (χ3v) is 6.33. The highest BCUT2D eigenvalue weighted by molar-refractivity contribution is 5.80. The number of ether oxygens (including phenoxy) is 2. The maximum Gasteiger partial charge on any atom is 0.217 e. The molecule has 1 amide bonds. The number of nitrogens with one attached hydrogen (secondary N) is 1. The maximum absolute atomic E-state index is 11.4. The Bertz CT molecular complexity index is 714. The van der Waals surface area contributed by atoms with Gasteiger partial charge in [-0.2, -0.15) is 0 Å². The molecule has 1 aromatic carbocycles. The summed E-state index contributed by atoms with van der Waals surface area (Å²) in [5, 5.41) is 3.46. The number of amides is 1. The lowest BCUT2D eigenvalue weighted by atomic mass is 9.74. The molecule has 2 aliphatic rings. The largest absolute Gasteiger partial charge is 0.497 e. The van der Waals surface area contributed by atoms with Gasteiger partial charge in [-0.05, 0) is 56.2 Å². The van der Waals surface area contributed by atoms with Gasteiger partial charge in [0, 0.05) is 44.7 Å². The zero-order valence-electron chi connectivity index (χ0n) is 18.4. The van der Waals surface area contributed by atoms with E-state index in [2.05, 4.69) is 29.3 Å². The van der Waals surface area contributed by atoms with Gasteiger partial charge in [-0.3, -0.25) is 9.79 Å². The topological polar surface area (TPSA) is 89.2 Å². The average Bonchev–Trinajstić information content (AvgIpc) is 2.77. The Morgan fingerprint density at radius 2 is 2.07 bits per heavy atom. The van der Waals surface area contributed by atoms with Crippen molar-refractivity contribution in [3.05, 3.63) is 29.8 Å². The number of benzene rings is 1. The van der Waals surface area contributed by atoms with Crippen molar-refractivity contribution in [3.8, 4) is 5.75 Å². The number of nitrogens with zero attached hydrogens (tertiary/aromatic N) is 2. The highest BCUT2D eigenvalue weighted by Gasteiger charge is 2.35. The molecule has 0 aliphatic carbocycles. The number of hydrogen-bond donors (Lipinski definition) is 2. The summed E-state index contributed by atoms with van der Waals surface area (Å²) >= 11 is 0. The summed E-state index contributed by atoms with van der Waals surface area (Å²) < 4.78 is 11.0. The number of piperidine rings is 1. The maximum atomic E-state index is 11.4. The third-order valence-electron chi connectivity index (χ3n) is 6.33. The van der Waals surface area contributed by atoms with E-state index in [-0.39, 0.29) is 11.3 Å². The second-order valence-electron chi connectivity index (χ2n) is 8.42. The standard InChI is InChI=1S/C23H36N4O3/c1-3-25-22(27-12-4-5-18(16-27)15-21(24)28)26-17-23(10-13-30-14-11-23)19-6-8-20(29-2)9-7-19/h6-9,18H,3-5,10-17H2,1-2H3,(H2,24,28)(H,25,26). The number of primary amides is 1. The van der Waals surface area contributed by atoms with Crippen LogP contribution in [0.1, 0.15) is 44.6 Å². The molecule has 0 saturated carbocycles. The van der Waals surface area contributed by atoms with Gasteiger partial charge in [-0.25, -0.2) is 0 Å². The summed E-state index contributed by atoms with van der Waals surface area (Å²) in [5.41, 5.74) is 6.69. The lowest BCUT2D eigenvalue weighted by Crippen LogP contribution is -2.48. The molecule has 7 nitrogen and oxygen atoms in total. The summed E-state index contributed by atoms with van der Waals surface area (Å²) in [6, 6.07) is 8.38. The number of carbonyl (C=O) groups excluding carboxylic acids is 1. The molecule has 1 atom stereocenters. The number of likely N-dealkylation sites (tertiary alicyclic amines) is 1. The molecule has 1 unspecified atom stereocenters. The van der Waals surface area contributed by atoms with Crippen LogP contribution in [0, 0.1) is 5.92 Å². The minimum atomic E-state index is -0.218. The van der Waals surface area contributed by atoms with E-state index in [1.807, 2.05) is 12.1 Å². The molecule has 166 valence electrons. The molecule has 0 radical (unpaired) electrons. The van der Waals surface area contributed by atoms with Crippen molar-refractivity contribution in [2.24, 2.45) is 16.6 Å². The van der Waals surface area contributed by atoms with Crippen molar-refractivity contribution < 1.29 is 14.3 Å². The Hall–Kier alpha value is -2.28. The first-order valence-corrected chi connectivity index (χ1v) is 11.1. The zero-order valence-corrected chi connectivity index (χ0v) is 18.4. The molecule has 0 bridgehead atoms. The molecule has 0 aromatic heterocycles. The summed E-state index contributed by atoms with van der Waals surface area (Å²) in [6.07, 6.45) is 4.45. The lowest BCUT2D eigenvalue weighted by molar-refractivity contribution is -0.119. The lowest BCUT2D eigenvalue weighted by Gasteiger charge is -2.38. The van der Waals surface area contributed by atoms with E-state index in [1.54, 1.807) is 7.11 Å². The van der Waals surface area contributed by atoms with Crippen molar-refractivity contribution in [2.45, 2.75) is 44.4 Å². The molecule has 7 heteroatoms. The molecular formula is C23H36N4O3. The van der Waals surface area contributed by atoms with Gasteiger partial charge in [0.25, 0.3) is 0 Å². The summed E-state index contributed by atoms with van der Waals surface area (Å²) in [6.45, 7) is 6.91. The van der Waals surface area contributed by atoms with E-state index in [4.69, 9.17) is 20.2 Å². The molecule has 2 heterocycles. The Morgan fingerprint density at radius 3 is 2.70 bits per heavy atom. The molecule has 2 aliphatic heterocycles. The van der Waals surface area contributed by atoms with Gasteiger partial charge in [-0.15, -0.1) is 0 Å². The molecule has 2 fully saturated rings. The second kappa shape index (κ2) is 10.7. The SMILES string of the molecule is CCNC(=NCC1(c2ccc(OC)cc2)CCOCC1)N1CCCC(CC(N)=O)C1. The predicted molar refractivity (Wildman–Crippen MR) is 119 cm³/mol. The van der Waals surface area contributed by atoms with Crippen LogP contribution in [0.3, 0.4) is 0 Å². The number of nitrogens with two attached hydrogens (primary N) is 1. The molecule has 1 aromatic rings. The van der Waals surface area contributed by atoms with Gasteiger partial charge in [-0.1, -0.05) is 12.1 Å². The van der Waals surface area contributed by atoms with E-state index in [1.165, 1.54) is 5.56 Å². The van der Waals surface area contributed by atoms with Crippen molar-refractivity contribution in [1.29, 1.82) is 0 Å². The van der Waals surface area contributed by atoms with Crippen LogP contribution in [-0.4, -0.2) is 63.3 Å². The average molecular weight is 417 g/mol. The molecule has 30 heavy (non-hydrogen) atoms. The van der Waals surface area contributed by atoms with Gasteiger partial charge in [0.2, 0.25) is 5.91 Å². The monoisotopic (exact) mass is 416 g/mol. The number of methoxy groups -OCH3 is 1. The smallest absolute Gasteiger partial charge is 0.217 e. The number of aliphatic imine (C=N–C) groups is 1. The van der Waals surface area contributed by atoms with E-state index >= 15 is 0 Å². The highest BCUT2D eigenvalue weighted by Crippen LogP contribution is 2.36. The minimum absolute atomic E-state index is 0.0341. The number of guanidine groups is 1. The van der Waals surface area contributed by atoms with E-state index in [9.17, 15) is 4.79 Å². The third kappa shape index (κ3) is 5.65. The summed E-state index contributed by atoms with van der Waals surface area (Å²) in [5.74, 6) is 1.89. The second-order valence-corrected chi connectivity index (χ2v) is 8.42. The van der Waals surface area contributed by atoms with Crippen molar-refractivity contribution >= 4 is 11.9 Å². The van der Waals surface area contributed by atoms with Crippen LogP contribution in [0.4, 0.5) is 0 Å². The Morgan fingerprint density at radius 1 is 1.33 bits per heavy atom. The number of rotatable bonds is 7. The molecular weight excluding hydrogens is 380 g/mol. The minimum Gasteiger partial charge on any atom is -0.497 e. The first-order valence-electron chi connectivity index (χ1n) is 11.1. The zero-order chi connectivity index (χ0) is 21.4. The fourth-order valence-corrected chi connectivity index (χ4v) is 4.61. The van der Waals surface area contributed by atoms with Crippen LogP contribution >= 0.6 is 0 Å². The number of carbonyl (C=O) groups is 1. The molecule has 0 spiro atoms. The van der Waals surface area contributed by atoms with Crippen molar-refractivity contribution in [3.63, 3.8) is 0 Å². The van der Waals surface area contributed by atoms with E-state index in [0.717, 1.165) is 70.2 Å². The van der Waals surface area contributed by atoms with E-state index in [0.29, 0.717) is 18.9 Å².